The number of aromatic nitrogens is 4. The maximum absolute atomic E-state index is 13.5. The van der Waals surface area contributed by atoms with E-state index in [2.05, 4.69) is 49.9 Å². The van der Waals surface area contributed by atoms with Gasteiger partial charge in [-0.25, -0.2) is 15.0 Å². The van der Waals surface area contributed by atoms with Gasteiger partial charge < -0.3 is 16.4 Å². The Morgan fingerprint density at radius 1 is 1.15 bits per heavy atom. The minimum atomic E-state index is -0.600. The zero-order chi connectivity index (χ0) is 27.6. The Hall–Kier alpha value is -4.09. The highest BCUT2D eigenvalue weighted by Gasteiger charge is 2.31. The van der Waals surface area contributed by atoms with Gasteiger partial charge in [-0.1, -0.05) is 30.4 Å². The predicted octanol–water partition coefficient (Wildman–Crippen LogP) is 5.16. The second-order valence-electron chi connectivity index (χ2n) is 9.85. The van der Waals surface area contributed by atoms with Crippen LogP contribution in [0.1, 0.15) is 58.9 Å². The standard InChI is InChI=1S/C29H29N7O2S2/c1-17(28-34-16-24(40-28)18-7-5-3-2-4-6-8-18)35-21-15-32-26-10-9-22(36(26)29(21)38)27(37)33-14-20-11-19-13-31-25(30)12-23(19)39-20/h2-3,5,7-8,11-13,15-17,22,35H,4,6,9-10,14H2,1H3,(H2,30,31)(H,33,37)/b3-2+,7-5-,18-8+/t17-,22+/m1/s1. The van der Waals surface area contributed by atoms with Crippen molar-refractivity contribution in [2.75, 3.05) is 11.1 Å². The van der Waals surface area contributed by atoms with E-state index in [1.54, 1.807) is 35.1 Å². The number of amides is 1. The number of thiophene rings is 1. The van der Waals surface area contributed by atoms with E-state index in [4.69, 9.17) is 5.73 Å². The van der Waals surface area contributed by atoms with E-state index in [-0.39, 0.29) is 17.5 Å². The van der Waals surface area contributed by atoms with E-state index < -0.39 is 6.04 Å². The highest BCUT2D eigenvalue weighted by Crippen LogP contribution is 2.30. The summed E-state index contributed by atoms with van der Waals surface area (Å²) in [6.07, 6.45) is 18.9. The number of nitrogen functional groups attached to an aromatic ring is 1. The van der Waals surface area contributed by atoms with Crippen molar-refractivity contribution in [2.45, 2.75) is 51.2 Å². The average molecular weight is 572 g/mol. The van der Waals surface area contributed by atoms with E-state index >= 15 is 0 Å². The molecule has 4 N–H and O–H groups in total. The molecule has 4 aromatic rings. The smallest absolute Gasteiger partial charge is 0.277 e. The molecule has 2 atom stereocenters. The minimum Gasteiger partial charge on any atom is -0.384 e. The molecule has 0 saturated carbocycles. The summed E-state index contributed by atoms with van der Waals surface area (Å²) in [5.41, 5.74) is 7.06. The van der Waals surface area contributed by atoms with Gasteiger partial charge in [-0.05, 0) is 43.9 Å². The molecule has 0 saturated heterocycles. The molecule has 1 amide bonds. The monoisotopic (exact) mass is 571 g/mol. The fourth-order valence-electron chi connectivity index (χ4n) is 4.97. The second-order valence-corrected chi connectivity index (χ2v) is 12.1. The van der Waals surface area contributed by atoms with Gasteiger partial charge >= 0.3 is 0 Å². The van der Waals surface area contributed by atoms with Crippen molar-refractivity contribution in [1.29, 1.82) is 0 Å². The molecule has 6 rings (SSSR count). The van der Waals surface area contributed by atoms with Crippen LogP contribution in [-0.2, 0) is 17.8 Å². The van der Waals surface area contributed by atoms with Gasteiger partial charge in [-0.2, -0.15) is 0 Å². The first-order chi connectivity index (χ1) is 19.5. The van der Waals surface area contributed by atoms with Crippen LogP contribution in [0.4, 0.5) is 11.5 Å². The predicted molar refractivity (Wildman–Crippen MR) is 161 cm³/mol. The lowest BCUT2D eigenvalue weighted by Crippen LogP contribution is -2.36. The van der Waals surface area contributed by atoms with Crippen molar-refractivity contribution in [3.8, 4) is 0 Å². The number of nitrogens with two attached hydrogens (primary N) is 1. The number of nitrogens with zero attached hydrogens (tertiary/aromatic N) is 4. The third-order valence-corrected chi connectivity index (χ3v) is 9.33. The van der Waals surface area contributed by atoms with Crippen LogP contribution in [0.2, 0.25) is 0 Å². The number of carbonyl (C=O) groups excluding carboxylic acids is 1. The molecule has 0 aromatic carbocycles. The van der Waals surface area contributed by atoms with E-state index in [1.165, 1.54) is 4.57 Å². The Balaban J connectivity index is 1.15. The molecule has 11 heteroatoms. The first-order valence-corrected chi connectivity index (χ1v) is 14.9. The Morgan fingerprint density at radius 3 is 2.95 bits per heavy atom. The summed E-state index contributed by atoms with van der Waals surface area (Å²) in [5, 5.41) is 8.15. The lowest BCUT2D eigenvalue weighted by Gasteiger charge is -2.17. The Labute approximate surface area is 239 Å². The minimum absolute atomic E-state index is 0.192. The molecule has 40 heavy (non-hydrogen) atoms. The summed E-state index contributed by atoms with van der Waals surface area (Å²) in [6, 6.07) is 3.03. The van der Waals surface area contributed by atoms with Gasteiger partial charge in [0.1, 0.15) is 28.4 Å². The summed E-state index contributed by atoms with van der Waals surface area (Å²) in [4.78, 5) is 42.0. The molecule has 204 valence electrons. The van der Waals surface area contributed by atoms with Crippen LogP contribution in [-0.4, -0.2) is 25.4 Å². The summed E-state index contributed by atoms with van der Waals surface area (Å²) in [7, 11) is 0. The molecular formula is C29H29N7O2S2. The fourth-order valence-corrected chi connectivity index (χ4v) is 6.93. The van der Waals surface area contributed by atoms with E-state index in [0.717, 1.165) is 43.3 Å². The molecule has 2 aliphatic rings. The molecule has 0 bridgehead atoms. The number of hydrogen-bond acceptors (Lipinski definition) is 9. The van der Waals surface area contributed by atoms with Crippen molar-refractivity contribution < 1.29 is 4.79 Å². The fraction of sp³-hybridized carbons (Fsp3) is 0.276. The van der Waals surface area contributed by atoms with Crippen LogP contribution >= 0.6 is 22.7 Å². The van der Waals surface area contributed by atoms with Crippen molar-refractivity contribution in [2.24, 2.45) is 0 Å². The van der Waals surface area contributed by atoms with Crippen LogP contribution in [0.15, 0.2) is 65.9 Å². The quantitative estimate of drug-likeness (QED) is 0.280. The lowest BCUT2D eigenvalue weighted by atomic mass is 10.1. The number of carbonyl (C=O) groups is 1. The summed E-state index contributed by atoms with van der Waals surface area (Å²) >= 11 is 3.17. The topological polar surface area (TPSA) is 128 Å². The van der Waals surface area contributed by atoms with Crippen molar-refractivity contribution >= 4 is 55.7 Å². The molecule has 1 aliphatic heterocycles. The van der Waals surface area contributed by atoms with Crippen molar-refractivity contribution in [3.63, 3.8) is 0 Å². The van der Waals surface area contributed by atoms with Gasteiger partial charge in [-0.15, -0.1) is 22.7 Å². The van der Waals surface area contributed by atoms with E-state index in [1.807, 2.05) is 31.3 Å². The molecule has 5 heterocycles. The summed E-state index contributed by atoms with van der Waals surface area (Å²) in [6.45, 7) is 2.35. The van der Waals surface area contributed by atoms with Crippen LogP contribution in [0, 0.1) is 0 Å². The second kappa shape index (κ2) is 11.2. The Morgan fingerprint density at radius 2 is 2.05 bits per heavy atom. The summed E-state index contributed by atoms with van der Waals surface area (Å²) < 4.78 is 2.56. The van der Waals surface area contributed by atoms with Gasteiger partial charge in [-0.3, -0.25) is 14.2 Å². The number of thiazole rings is 1. The van der Waals surface area contributed by atoms with Gasteiger partial charge in [0, 0.05) is 33.8 Å². The molecular weight excluding hydrogens is 543 g/mol. The number of aryl methyl sites for hydroxylation is 1. The number of fused-ring (bicyclic) bond motifs is 2. The van der Waals surface area contributed by atoms with Crippen LogP contribution in [0.3, 0.4) is 0 Å². The molecule has 4 aromatic heterocycles. The maximum atomic E-state index is 13.5. The molecule has 0 radical (unpaired) electrons. The normalized spacial score (nSPS) is 20.1. The third-order valence-electron chi connectivity index (χ3n) is 7.01. The van der Waals surface area contributed by atoms with Crippen LogP contribution in [0.5, 0.6) is 0 Å². The molecule has 0 spiro atoms. The van der Waals surface area contributed by atoms with Crippen molar-refractivity contribution in [3.05, 3.63) is 92.0 Å². The molecule has 1 aliphatic carbocycles. The highest BCUT2D eigenvalue weighted by molar-refractivity contribution is 7.19. The van der Waals surface area contributed by atoms with Gasteiger partial charge in [0.25, 0.3) is 5.56 Å². The molecule has 9 nitrogen and oxygen atoms in total. The first-order valence-electron chi connectivity index (χ1n) is 13.2. The number of hydrogen-bond donors (Lipinski definition) is 3. The van der Waals surface area contributed by atoms with Gasteiger partial charge in [0.05, 0.1) is 23.7 Å². The highest BCUT2D eigenvalue weighted by atomic mass is 32.1. The third kappa shape index (κ3) is 5.34. The van der Waals surface area contributed by atoms with Gasteiger partial charge in [0.15, 0.2) is 0 Å². The van der Waals surface area contributed by atoms with Crippen LogP contribution < -0.4 is 21.9 Å². The van der Waals surface area contributed by atoms with E-state index in [9.17, 15) is 9.59 Å². The number of pyridine rings is 1. The zero-order valence-corrected chi connectivity index (χ0v) is 23.6. The number of allylic oxidation sites excluding steroid dienone is 6. The number of anilines is 2. The Bertz CT molecular complexity index is 1730. The Kier molecular flexibility index (Phi) is 7.31. The molecule has 0 unspecified atom stereocenters. The largest absolute Gasteiger partial charge is 0.384 e. The van der Waals surface area contributed by atoms with Crippen LogP contribution in [0.25, 0.3) is 15.7 Å². The van der Waals surface area contributed by atoms with Gasteiger partial charge in [0.2, 0.25) is 5.91 Å². The van der Waals surface area contributed by atoms with E-state index in [0.29, 0.717) is 36.7 Å². The number of nitrogens with one attached hydrogen (secondary N) is 2. The van der Waals surface area contributed by atoms with Crippen molar-refractivity contribution in [1.82, 2.24) is 24.8 Å². The zero-order valence-electron chi connectivity index (χ0n) is 22.0. The maximum Gasteiger partial charge on any atom is 0.277 e. The summed E-state index contributed by atoms with van der Waals surface area (Å²) in [5.74, 6) is 0.902. The lowest BCUT2D eigenvalue weighted by molar-refractivity contribution is -0.124. The SMILES string of the molecule is C[C@@H](Nc1cnc2n(c1=O)[C@H](C(=O)NCc1cc3cnc(N)cc3s1)CC2)c1ncc(C2=C/CC/C=C/C=C\2)s1. The first kappa shape index (κ1) is 26.1. The molecule has 0 fully saturated rings. The number of rotatable bonds is 7. The average Bonchev–Trinajstić information content (AvgIpc) is 3.67.